The second kappa shape index (κ2) is 5.28. The lowest BCUT2D eigenvalue weighted by atomic mass is 10.3. The second-order valence-electron chi connectivity index (χ2n) is 5.95. The van der Waals surface area contributed by atoms with E-state index in [9.17, 15) is 4.79 Å². The van der Waals surface area contributed by atoms with Crippen LogP contribution in [-0.2, 0) is 13.1 Å². The van der Waals surface area contributed by atoms with Crippen molar-refractivity contribution in [3.63, 3.8) is 0 Å². The van der Waals surface area contributed by atoms with Crippen molar-refractivity contribution in [3.8, 4) is 0 Å². The molecule has 0 aliphatic heterocycles. The van der Waals surface area contributed by atoms with Crippen LogP contribution in [0.15, 0.2) is 24.7 Å². The highest BCUT2D eigenvalue weighted by Gasteiger charge is 2.25. The zero-order valence-electron chi connectivity index (χ0n) is 12.4. The van der Waals surface area contributed by atoms with Gasteiger partial charge in [-0.25, -0.2) is 4.98 Å². The van der Waals surface area contributed by atoms with E-state index in [0.717, 1.165) is 23.9 Å². The summed E-state index contributed by atoms with van der Waals surface area (Å²) in [6.07, 6.45) is 5.90. The van der Waals surface area contributed by atoms with Crippen molar-refractivity contribution in [1.29, 1.82) is 0 Å². The number of imidazole rings is 1. The molecule has 114 valence electrons. The first kappa shape index (κ1) is 13.6. The zero-order valence-corrected chi connectivity index (χ0v) is 13.2. The van der Waals surface area contributed by atoms with Gasteiger partial charge in [-0.05, 0) is 37.8 Å². The van der Waals surface area contributed by atoms with Gasteiger partial charge in [0.2, 0.25) is 0 Å². The lowest BCUT2D eigenvalue weighted by Gasteiger charge is -2.10. The summed E-state index contributed by atoms with van der Waals surface area (Å²) in [6.45, 7) is 3.54. The number of amides is 1. The Morgan fingerprint density at radius 3 is 3.09 bits per heavy atom. The summed E-state index contributed by atoms with van der Waals surface area (Å²) < 4.78 is 3.39. The topological polar surface area (TPSA) is 62.7 Å². The molecule has 0 atom stereocenters. The van der Waals surface area contributed by atoms with Crippen LogP contribution in [0, 0.1) is 12.8 Å². The largest absolute Gasteiger partial charge is 0.347 e. The number of hydrogen-bond acceptors (Lipinski definition) is 3. The number of carbonyl (C=O) groups excluding carboxylic acids is 1. The van der Waals surface area contributed by atoms with E-state index >= 15 is 0 Å². The number of nitrogens with one attached hydrogen (secondary N) is 2. The minimum Gasteiger partial charge on any atom is -0.347 e. The molecule has 6 heteroatoms. The van der Waals surface area contributed by atoms with Gasteiger partial charge in [0.05, 0.1) is 28.8 Å². The monoisotopic (exact) mass is 314 g/mol. The molecule has 1 saturated carbocycles. The third-order valence-corrected chi connectivity index (χ3v) is 5.06. The highest BCUT2D eigenvalue weighted by molar-refractivity contribution is 7.19. The van der Waals surface area contributed by atoms with Crippen LogP contribution in [0.4, 0.5) is 0 Å². The van der Waals surface area contributed by atoms with E-state index in [-0.39, 0.29) is 5.91 Å². The Hall–Kier alpha value is -2.08. The second-order valence-corrected chi connectivity index (χ2v) is 7.24. The fourth-order valence-electron chi connectivity index (χ4n) is 2.76. The van der Waals surface area contributed by atoms with Gasteiger partial charge in [-0.2, -0.15) is 0 Å². The average molecular weight is 314 g/mol. The molecule has 4 rings (SSSR count). The Morgan fingerprint density at radius 1 is 1.50 bits per heavy atom. The lowest BCUT2D eigenvalue weighted by Crippen LogP contribution is -2.25. The predicted octanol–water partition coefficient (Wildman–Crippen LogP) is 3.07. The fraction of sp³-hybridized carbons (Fsp3) is 0.375. The number of nitrogens with zero attached hydrogens (tertiary/aromatic N) is 2. The molecule has 0 saturated heterocycles. The highest BCUT2D eigenvalue weighted by atomic mass is 32.1. The Kier molecular flexibility index (Phi) is 3.26. The molecular formula is C16H18N4OS. The summed E-state index contributed by atoms with van der Waals surface area (Å²) in [7, 11) is 0. The summed E-state index contributed by atoms with van der Waals surface area (Å²) in [5.74, 6) is 0.714. The van der Waals surface area contributed by atoms with Gasteiger partial charge in [0.1, 0.15) is 5.69 Å². The molecule has 5 nitrogen and oxygen atoms in total. The summed E-state index contributed by atoms with van der Waals surface area (Å²) in [5.41, 5.74) is 2.88. The van der Waals surface area contributed by atoms with Gasteiger partial charge in [0, 0.05) is 17.6 Å². The third-order valence-electron chi connectivity index (χ3n) is 4.08. The summed E-state index contributed by atoms with van der Waals surface area (Å²) in [4.78, 5) is 20.8. The SMILES string of the molecule is Cc1cc2c(cc(C(=O)NCc3cnc[nH]3)n2CC2CC2)s1. The van der Waals surface area contributed by atoms with Gasteiger partial charge in [0.25, 0.3) is 5.91 Å². The molecule has 0 radical (unpaired) electrons. The number of aromatic nitrogens is 3. The molecular weight excluding hydrogens is 296 g/mol. The standard InChI is InChI=1S/C16H18N4OS/c1-10-4-13-15(22-10)5-14(20(13)8-11-2-3-11)16(21)18-7-12-6-17-9-19-12/h4-6,9,11H,2-3,7-8H2,1H3,(H,17,19)(H,18,21). The van der Waals surface area contributed by atoms with Crippen LogP contribution in [0.3, 0.4) is 0 Å². The summed E-state index contributed by atoms with van der Waals surface area (Å²) in [5, 5.41) is 2.97. The van der Waals surface area contributed by atoms with E-state index in [2.05, 4.69) is 32.8 Å². The molecule has 1 fully saturated rings. The number of thiophene rings is 1. The molecule has 3 aromatic heterocycles. The van der Waals surface area contributed by atoms with Crippen molar-refractivity contribution in [2.45, 2.75) is 32.9 Å². The van der Waals surface area contributed by atoms with Crippen molar-refractivity contribution < 1.29 is 4.79 Å². The Morgan fingerprint density at radius 2 is 2.36 bits per heavy atom. The van der Waals surface area contributed by atoms with Crippen LogP contribution in [0.25, 0.3) is 10.2 Å². The van der Waals surface area contributed by atoms with Crippen LogP contribution in [0.2, 0.25) is 0 Å². The average Bonchev–Trinajstić information content (AvgIpc) is 2.90. The maximum Gasteiger partial charge on any atom is 0.268 e. The van der Waals surface area contributed by atoms with Crippen LogP contribution in [-0.4, -0.2) is 20.4 Å². The zero-order chi connectivity index (χ0) is 15.1. The fourth-order valence-corrected chi connectivity index (χ4v) is 3.72. The Balaban J connectivity index is 1.61. The predicted molar refractivity (Wildman–Crippen MR) is 87.0 cm³/mol. The molecule has 3 heterocycles. The first-order valence-electron chi connectivity index (χ1n) is 7.56. The van der Waals surface area contributed by atoms with Gasteiger partial charge in [-0.15, -0.1) is 11.3 Å². The van der Waals surface area contributed by atoms with Gasteiger partial charge < -0.3 is 14.9 Å². The minimum atomic E-state index is -0.0173. The molecule has 1 amide bonds. The Bertz CT molecular complexity index is 811. The molecule has 0 unspecified atom stereocenters. The van der Waals surface area contributed by atoms with Crippen LogP contribution < -0.4 is 5.32 Å². The number of carbonyl (C=O) groups is 1. The molecule has 22 heavy (non-hydrogen) atoms. The number of H-pyrrole nitrogens is 1. The molecule has 0 spiro atoms. The molecule has 2 N–H and O–H groups in total. The van der Waals surface area contributed by atoms with E-state index in [1.165, 1.54) is 27.9 Å². The van der Waals surface area contributed by atoms with Gasteiger partial charge in [0.15, 0.2) is 0 Å². The van der Waals surface area contributed by atoms with E-state index in [1.54, 1.807) is 23.9 Å². The van der Waals surface area contributed by atoms with Crippen molar-refractivity contribution in [2.24, 2.45) is 5.92 Å². The normalized spacial score (nSPS) is 14.6. The quantitative estimate of drug-likeness (QED) is 0.760. The molecule has 1 aliphatic rings. The number of fused-ring (bicyclic) bond motifs is 1. The molecule has 0 bridgehead atoms. The number of aromatic amines is 1. The maximum absolute atomic E-state index is 12.6. The van der Waals surface area contributed by atoms with Crippen LogP contribution >= 0.6 is 11.3 Å². The molecule has 3 aromatic rings. The number of aryl methyl sites for hydroxylation is 1. The van der Waals surface area contributed by atoms with Crippen LogP contribution in [0.1, 0.15) is 33.9 Å². The molecule has 1 aliphatic carbocycles. The van der Waals surface area contributed by atoms with E-state index in [1.807, 2.05) is 6.07 Å². The van der Waals surface area contributed by atoms with Crippen molar-refractivity contribution in [1.82, 2.24) is 19.9 Å². The Labute approximate surface area is 132 Å². The van der Waals surface area contributed by atoms with Crippen LogP contribution in [0.5, 0.6) is 0 Å². The van der Waals surface area contributed by atoms with Gasteiger partial charge in [-0.1, -0.05) is 0 Å². The first-order chi connectivity index (χ1) is 10.7. The lowest BCUT2D eigenvalue weighted by molar-refractivity contribution is 0.0941. The van der Waals surface area contributed by atoms with Crippen molar-refractivity contribution in [2.75, 3.05) is 0 Å². The maximum atomic E-state index is 12.6. The number of hydrogen-bond donors (Lipinski definition) is 2. The van der Waals surface area contributed by atoms with Gasteiger partial charge in [-0.3, -0.25) is 4.79 Å². The van der Waals surface area contributed by atoms with E-state index in [0.29, 0.717) is 6.54 Å². The first-order valence-corrected chi connectivity index (χ1v) is 8.37. The highest BCUT2D eigenvalue weighted by Crippen LogP contribution is 2.35. The van der Waals surface area contributed by atoms with E-state index < -0.39 is 0 Å². The minimum absolute atomic E-state index is 0.0173. The summed E-state index contributed by atoms with van der Waals surface area (Å²) in [6, 6.07) is 4.21. The van der Waals surface area contributed by atoms with Crippen molar-refractivity contribution in [3.05, 3.63) is 40.9 Å². The summed E-state index contributed by atoms with van der Waals surface area (Å²) >= 11 is 1.75. The smallest absolute Gasteiger partial charge is 0.268 e. The number of rotatable bonds is 5. The van der Waals surface area contributed by atoms with Gasteiger partial charge >= 0.3 is 0 Å². The van der Waals surface area contributed by atoms with E-state index in [4.69, 9.17) is 0 Å². The third kappa shape index (κ3) is 2.54. The molecule has 0 aromatic carbocycles. The van der Waals surface area contributed by atoms with Crippen molar-refractivity contribution >= 4 is 27.5 Å².